The number of rotatable bonds is 10. The zero-order valence-electron chi connectivity index (χ0n) is 11.5. The van der Waals surface area contributed by atoms with E-state index in [0.717, 1.165) is 19.3 Å². The van der Waals surface area contributed by atoms with Crippen LogP contribution in [-0.2, 0) is 14.3 Å². The number of hydrogen-bond donors (Lipinski definition) is 0. The molecule has 0 bridgehead atoms. The molecule has 116 valence electrons. The van der Waals surface area contributed by atoms with Crippen molar-refractivity contribution >= 4 is 10.1 Å². The lowest BCUT2D eigenvalue weighted by atomic mass is 10.0. The molecule has 19 heavy (non-hydrogen) atoms. The van der Waals surface area contributed by atoms with E-state index in [-0.39, 0.29) is 5.92 Å². The maximum atomic E-state index is 12.0. The van der Waals surface area contributed by atoms with Crippen LogP contribution in [-0.4, -0.2) is 20.5 Å². The number of alkyl halides is 3. The van der Waals surface area contributed by atoms with Crippen LogP contribution in [0.25, 0.3) is 0 Å². The van der Waals surface area contributed by atoms with Crippen LogP contribution in [0.3, 0.4) is 0 Å². The quantitative estimate of drug-likeness (QED) is 0.344. The molecule has 0 aromatic carbocycles. The molecule has 0 aromatic heterocycles. The second-order valence-electron chi connectivity index (χ2n) is 4.85. The molecule has 0 fully saturated rings. The molecule has 0 aliphatic rings. The van der Waals surface area contributed by atoms with Crippen molar-refractivity contribution in [2.75, 3.05) is 6.61 Å². The van der Waals surface area contributed by atoms with Crippen LogP contribution < -0.4 is 0 Å². The van der Waals surface area contributed by atoms with Crippen molar-refractivity contribution in [3.8, 4) is 0 Å². The molecule has 7 heteroatoms. The summed E-state index contributed by atoms with van der Waals surface area (Å²) in [5.41, 5.74) is -5.33. The standard InChI is InChI=1S/C12H23F3O3S/c1-3-4-5-6-7-8-9-11(2)10-18-19(16,17)12(13,14)15/h11H,3-10H2,1-2H3. The Morgan fingerprint density at radius 3 is 2.11 bits per heavy atom. The SMILES string of the molecule is CCCCCCCCC(C)COS(=O)(=O)C(F)(F)F. The van der Waals surface area contributed by atoms with Gasteiger partial charge in [-0.25, -0.2) is 0 Å². The Morgan fingerprint density at radius 2 is 1.58 bits per heavy atom. The first-order valence-electron chi connectivity index (χ1n) is 6.66. The van der Waals surface area contributed by atoms with E-state index >= 15 is 0 Å². The van der Waals surface area contributed by atoms with E-state index < -0.39 is 22.2 Å². The third-order valence-electron chi connectivity index (χ3n) is 2.84. The summed E-state index contributed by atoms with van der Waals surface area (Å²) in [4.78, 5) is 0. The molecule has 0 N–H and O–H groups in total. The van der Waals surface area contributed by atoms with Crippen molar-refractivity contribution in [3.63, 3.8) is 0 Å². The minimum absolute atomic E-state index is 0.191. The lowest BCUT2D eigenvalue weighted by Crippen LogP contribution is -2.27. The minimum Gasteiger partial charge on any atom is -0.263 e. The minimum atomic E-state index is -5.44. The Kier molecular flexibility index (Phi) is 8.65. The van der Waals surface area contributed by atoms with E-state index in [1.807, 2.05) is 0 Å². The predicted molar refractivity (Wildman–Crippen MR) is 68.1 cm³/mol. The van der Waals surface area contributed by atoms with Gasteiger partial charge in [0.25, 0.3) is 0 Å². The van der Waals surface area contributed by atoms with Crippen LogP contribution >= 0.6 is 0 Å². The van der Waals surface area contributed by atoms with Gasteiger partial charge in [0.05, 0.1) is 6.61 Å². The van der Waals surface area contributed by atoms with Gasteiger partial charge in [0.1, 0.15) is 0 Å². The van der Waals surface area contributed by atoms with Crippen LogP contribution in [0.2, 0.25) is 0 Å². The molecule has 1 unspecified atom stereocenters. The van der Waals surface area contributed by atoms with Gasteiger partial charge >= 0.3 is 15.6 Å². The fourth-order valence-corrected chi connectivity index (χ4v) is 2.17. The summed E-state index contributed by atoms with van der Waals surface area (Å²) in [5, 5.41) is 0. The predicted octanol–water partition coefficient (Wildman–Crippen LogP) is 4.24. The Balaban J connectivity index is 3.74. The van der Waals surface area contributed by atoms with Gasteiger partial charge in [0.2, 0.25) is 0 Å². The van der Waals surface area contributed by atoms with Gasteiger partial charge < -0.3 is 0 Å². The maximum absolute atomic E-state index is 12.0. The smallest absolute Gasteiger partial charge is 0.263 e. The highest BCUT2D eigenvalue weighted by atomic mass is 32.2. The fraction of sp³-hybridized carbons (Fsp3) is 1.00. The lowest BCUT2D eigenvalue weighted by molar-refractivity contribution is -0.0549. The monoisotopic (exact) mass is 304 g/mol. The summed E-state index contributed by atoms with van der Waals surface area (Å²) in [6.45, 7) is 3.41. The molecule has 0 saturated heterocycles. The zero-order chi connectivity index (χ0) is 14.9. The normalized spacial score (nSPS) is 14.6. The molecule has 0 saturated carbocycles. The molecule has 0 aliphatic carbocycles. The van der Waals surface area contributed by atoms with E-state index in [9.17, 15) is 21.6 Å². The van der Waals surface area contributed by atoms with E-state index in [2.05, 4.69) is 11.1 Å². The molecule has 0 rings (SSSR count). The highest BCUT2D eigenvalue weighted by molar-refractivity contribution is 7.87. The van der Waals surface area contributed by atoms with E-state index in [4.69, 9.17) is 0 Å². The first kappa shape index (κ1) is 18.7. The van der Waals surface area contributed by atoms with Gasteiger partial charge in [-0.15, -0.1) is 0 Å². The van der Waals surface area contributed by atoms with Crippen molar-refractivity contribution in [2.45, 2.75) is 64.3 Å². The summed E-state index contributed by atoms with van der Waals surface area (Å²) >= 11 is 0. The van der Waals surface area contributed by atoms with E-state index in [0.29, 0.717) is 6.42 Å². The van der Waals surface area contributed by atoms with Crippen LogP contribution in [0, 0.1) is 5.92 Å². The first-order valence-corrected chi connectivity index (χ1v) is 8.07. The van der Waals surface area contributed by atoms with Gasteiger partial charge in [-0.1, -0.05) is 52.4 Å². The molecule has 1 atom stereocenters. The number of unbranched alkanes of at least 4 members (excludes halogenated alkanes) is 5. The second-order valence-corrected chi connectivity index (χ2v) is 6.45. The Hall–Kier alpha value is -0.300. The summed E-state index contributed by atoms with van der Waals surface area (Å²) in [5.74, 6) is -0.191. The van der Waals surface area contributed by atoms with Crippen LogP contribution in [0.15, 0.2) is 0 Å². The number of halogens is 3. The zero-order valence-corrected chi connectivity index (χ0v) is 12.3. The average Bonchev–Trinajstić information content (AvgIpc) is 2.29. The summed E-state index contributed by atoms with van der Waals surface area (Å²) in [6.07, 6.45) is 7.24. The van der Waals surface area contributed by atoms with Crippen molar-refractivity contribution in [1.82, 2.24) is 0 Å². The molecular formula is C12H23F3O3S. The highest BCUT2D eigenvalue weighted by Gasteiger charge is 2.47. The Morgan fingerprint density at radius 1 is 1.05 bits per heavy atom. The Bertz CT molecular complexity index is 326. The van der Waals surface area contributed by atoms with E-state index in [1.54, 1.807) is 6.92 Å². The molecule has 0 amide bonds. The van der Waals surface area contributed by atoms with Gasteiger partial charge in [-0.2, -0.15) is 21.6 Å². The molecular weight excluding hydrogens is 281 g/mol. The Labute approximate surface area is 113 Å². The molecule has 0 radical (unpaired) electrons. The molecule has 0 aromatic rings. The third kappa shape index (κ3) is 8.47. The van der Waals surface area contributed by atoms with E-state index in [1.165, 1.54) is 19.3 Å². The van der Waals surface area contributed by atoms with Gasteiger partial charge in [-0.3, -0.25) is 4.18 Å². The van der Waals surface area contributed by atoms with Gasteiger partial charge in [0, 0.05) is 0 Å². The number of hydrogen-bond acceptors (Lipinski definition) is 3. The highest BCUT2D eigenvalue weighted by Crippen LogP contribution is 2.25. The van der Waals surface area contributed by atoms with Crippen LogP contribution in [0.5, 0.6) is 0 Å². The van der Waals surface area contributed by atoms with Crippen molar-refractivity contribution in [3.05, 3.63) is 0 Å². The summed E-state index contributed by atoms with van der Waals surface area (Å²) in [7, 11) is -5.44. The van der Waals surface area contributed by atoms with Crippen LogP contribution in [0.1, 0.15) is 58.8 Å². The lowest BCUT2D eigenvalue weighted by Gasteiger charge is -2.13. The fourth-order valence-electron chi connectivity index (χ4n) is 1.63. The second kappa shape index (κ2) is 8.79. The average molecular weight is 304 g/mol. The largest absolute Gasteiger partial charge is 0.523 e. The van der Waals surface area contributed by atoms with Gasteiger partial charge in [0.15, 0.2) is 0 Å². The van der Waals surface area contributed by atoms with Crippen molar-refractivity contribution in [1.29, 1.82) is 0 Å². The summed E-state index contributed by atoms with van der Waals surface area (Å²) < 4.78 is 61.3. The molecule has 3 nitrogen and oxygen atoms in total. The van der Waals surface area contributed by atoms with Gasteiger partial charge in [-0.05, 0) is 12.3 Å². The third-order valence-corrected chi connectivity index (χ3v) is 3.85. The van der Waals surface area contributed by atoms with Crippen molar-refractivity contribution in [2.24, 2.45) is 5.92 Å². The maximum Gasteiger partial charge on any atom is 0.523 e. The van der Waals surface area contributed by atoms with Crippen LogP contribution in [0.4, 0.5) is 13.2 Å². The molecule has 0 spiro atoms. The molecule has 0 aliphatic heterocycles. The topological polar surface area (TPSA) is 43.4 Å². The first-order chi connectivity index (χ1) is 8.70. The molecule has 0 heterocycles. The van der Waals surface area contributed by atoms with Crippen molar-refractivity contribution < 1.29 is 25.8 Å². The summed E-state index contributed by atoms with van der Waals surface area (Å²) in [6, 6.07) is 0.